The van der Waals surface area contributed by atoms with Crippen LogP contribution in [0.2, 0.25) is 5.02 Å². The standard InChI is InChI=1S/C22H18BrClN6O2S/c23-18-14-27-30-21(12-20(29-22(18)30)17-7-1-2-8-19(17)24)26-9-4-10-28-33(31,32)16-6-3-5-15(11-16)13-25/h1-3,5-8,11-12,14,26,28H,4,9-10H2. The van der Waals surface area contributed by atoms with Gasteiger partial charge in [0.05, 0.1) is 32.9 Å². The third-order valence-electron chi connectivity index (χ3n) is 4.80. The van der Waals surface area contributed by atoms with Crippen molar-refractivity contribution in [3.8, 4) is 17.3 Å². The topological polar surface area (TPSA) is 112 Å². The number of hydrogen-bond donors (Lipinski definition) is 2. The van der Waals surface area contributed by atoms with Crippen molar-refractivity contribution in [3.05, 3.63) is 75.9 Å². The molecule has 0 aliphatic heterocycles. The van der Waals surface area contributed by atoms with E-state index in [4.69, 9.17) is 16.9 Å². The van der Waals surface area contributed by atoms with Gasteiger partial charge in [0.1, 0.15) is 5.82 Å². The van der Waals surface area contributed by atoms with Gasteiger partial charge in [0.2, 0.25) is 10.0 Å². The van der Waals surface area contributed by atoms with Gasteiger partial charge in [0, 0.05) is 29.7 Å². The molecule has 0 bridgehead atoms. The van der Waals surface area contributed by atoms with Gasteiger partial charge in [-0.1, -0.05) is 35.9 Å². The number of sulfonamides is 1. The Hall–Kier alpha value is -2.97. The molecule has 0 saturated heterocycles. The summed E-state index contributed by atoms with van der Waals surface area (Å²) < 4.78 is 29.9. The normalized spacial score (nSPS) is 11.4. The van der Waals surface area contributed by atoms with Crippen molar-refractivity contribution in [2.75, 3.05) is 18.4 Å². The Morgan fingerprint density at radius 1 is 1.12 bits per heavy atom. The number of anilines is 1. The number of fused-ring (bicyclic) bond motifs is 1. The fraction of sp³-hybridized carbons (Fsp3) is 0.136. The number of nitrogens with one attached hydrogen (secondary N) is 2. The van der Waals surface area contributed by atoms with Crippen molar-refractivity contribution in [1.82, 2.24) is 19.3 Å². The molecular formula is C22H18BrClN6O2S. The summed E-state index contributed by atoms with van der Waals surface area (Å²) in [7, 11) is -3.69. The molecule has 2 heterocycles. The lowest BCUT2D eigenvalue weighted by atomic mass is 10.1. The van der Waals surface area contributed by atoms with Crippen LogP contribution in [0.25, 0.3) is 16.9 Å². The van der Waals surface area contributed by atoms with E-state index in [9.17, 15) is 8.42 Å². The van der Waals surface area contributed by atoms with Crippen molar-refractivity contribution in [1.29, 1.82) is 5.26 Å². The third-order valence-corrected chi connectivity index (χ3v) is 7.15. The van der Waals surface area contributed by atoms with E-state index in [1.807, 2.05) is 30.3 Å². The summed E-state index contributed by atoms with van der Waals surface area (Å²) in [4.78, 5) is 4.73. The first-order chi connectivity index (χ1) is 15.9. The first-order valence-corrected chi connectivity index (χ1v) is 12.6. The molecule has 0 radical (unpaired) electrons. The molecule has 0 unspecified atom stereocenters. The van der Waals surface area contributed by atoms with E-state index in [2.05, 4.69) is 36.1 Å². The minimum Gasteiger partial charge on any atom is -0.370 e. The predicted molar refractivity (Wildman–Crippen MR) is 131 cm³/mol. The second-order valence-electron chi connectivity index (χ2n) is 7.05. The molecule has 2 aromatic carbocycles. The van der Waals surface area contributed by atoms with Crippen molar-refractivity contribution >= 4 is 49.0 Å². The first kappa shape index (κ1) is 23.2. The van der Waals surface area contributed by atoms with Crippen LogP contribution in [0.15, 0.2) is 70.2 Å². The maximum Gasteiger partial charge on any atom is 0.240 e. The van der Waals surface area contributed by atoms with E-state index < -0.39 is 10.0 Å². The molecular weight excluding hydrogens is 528 g/mol. The number of aromatic nitrogens is 3. The van der Waals surface area contributed by atoms with Gasteiger partial charge in [-0.05, 0) is 46.6 Å². The Balaban J connectivity index is 1.45. The summed E-state index contributed by atoms with van der Waals surface area (Å²) in [5.74, 6) is 0.699. The molecule has 0 saturated carbocycles. The SMILES string of the molecule is N#Cc1cccc(S(=O)(=O)NCCCNc2cc(-c3ccccc3Cl)nc3c(Br)cnn23)c1. The fourth-order valence-corrected chi connectivity index (χ4v) is 4.90. The highest BCUT2D eigenvalue weighted by Gasteiger charge is 2.15. The van der Waals surface area contributed by atoms with Crippen LogP contribution in [0, 0.1) is 11.3 Å². The maximum absolute atomic E-state index is 12.5. The molecule has 11 heteroatoms. The molecule has 0 amide bonds. The van der Waals surface area contributed by atoms with Crippen LogP contribution in [-0.4, -0.2) is 36.1 Å². The number of nitrogens with zero attached hydrogens (tertiary/aromatic N) is 4. The largest absolute Gasteiger partial charge is 0.370 e. The molecule has 0 aliphatic carbocycles. The van der Waals surface area contributed by atoms with Crippen molar-refractivity contribution in [3.63, 3.8) is 0 Å². The van der Waals surface area contributed by atoms with E-state index in [-0.39, 0.29) is 11.4 Å². The summed E-state index contributed by atoms with van der Waals surface area (Å²) in [6.07, 6.45) is 2.18. The summed E-state index contributed by atoms with van der Waals surface area (Å²) in [6, 6.07) is 17.2. The average molecular weight is 546 g/mol. The van der Waals surface area contributed by atoms with Crippen LogP contribution >= 0.6 is 27.5 Å². The Kier molecular flexibility index (Phi) is 6.95. The maximum atomic E-state index is 12.5. The van der Waals surface area contributed by atoms with Crippen LogP contribution in [0.5, 0.6) is 0 Å². The second-order valence-corrected chi connectivity index (χ2v) is 10.1. The summed E-state index contributed by atoms with van der Waals surface area (Å²) in [6.45, 7) is 0.708. The zero-order valence-corrected chi connectivity index (χ0v) is 20.3. The average Bonchev–Trinajstić information content (AvgIpc) is 3.20. The van der Waals surface area contributed by atoms with Crippen LogP contribution in [0.4, 0.5) is 5.82 Å². The van der Waals surface area contributed by atoms with Gasteiger partial charge in [-0.2, -0.15) is 14.9 Å². The van der Waals surface area contributed by atoms with Gasteiger partial charge in [-0.25, -0.2) is 18.1 Å². The Morgan fingerprint density at radius 2 is 1.94 bits per heavy atom. The number of hydrogen-bond acceptors (Lipinski definition) is 6. The molecule has 0 aliphatic rings. The summed E-state index contributed by atoms with van der Waals surface area (Å²) in [5.41, 5.74) is 2.41. The fourth-order valence-electron chi connectivity index (χ4n) is 3.20. The lowest BCUT2D eigenvalue weighted by Gasteiger charge is -2.12. The third kappa shape index (κ3) is 5.17. The summed E-state index contributed by atoms with van der Waals surface area (Å²) >= 11 is 9.83. The minimum atomic E-state index is -3.69. The number of halogens is 2. The van der Waals surface area contributed by atoms with Crippen LogP contribution in [-0.2, 0) is 10.0 Å². The van der Waals surface area contributed by atoms with Gasteiger partial charge < -0.3 is 5.32 Å². The molecule has 4 rings (SSSR count). The highest BCUT2D eigenvalue weighted by molar-refractivity contribution is 9.10. The van der Waals surface area contributed by atoms with Crippen molar-refractivity contribution in [2.45, 2.75) is 11.3 Å². The number of rotatable bonds is 8. The number of nitriles is 1. The second kappa shape index (κ2) is 9.89. The van der Waals surface area contributed by atoms with Gasteiger partial charge in [-0.3, -0.25) is 0 Å². The van der Waals surface area contributed by atoms with Crippen molar-refractivity contribution in [2.24, 2.45) is 0 Å². The molecule has 0 atom stereocenters. The Bertz CT molecular complexity index is 1470. The van der Waals surface area contributed by atoms with Crippen LogP contribution in [0.1, 0.15) is 12.0 Å². The predicted octanol–water partition coefficient (Wildman–Crippen LogP) is 4.46. The highest BCUT2D eigenvalue weighted by atomic mass is 79.9. The van der Waals surface area contributed by atoms with Gasteiger partial charge >= 0.3 is 0 Å². The first-order valence-electron chi connectivity index (χ1n) is 9.92. The quantitative estimate of drug-likeness (QED) is 0.316. The van der Waals surface area contributed by atoms with E-state index in [1.165, 1.54) is 12.1 Å². The molecule has 0 spiro atoms. The lowest BCUT2D eigenvalue weighted by molar-refractivity contribution is 0.580. The molecule has 168 valence electrons. The molecule has 4 aromatic rings. The zero-order chi connectivity index (χ0) is 23.4. The van der Waals surface area contributed by atoms with Gasteiger partial charge in [0.15, 0.2) is 5.65 Å². The minimum absolute atomic E-state index is 0.0659. The van der Waals surface area contributed by atoms with E-state index in [0.717, 1.165) is 10.0 Å². The van der Waals surface area contributed by atoms with Crippen molar-refractivity contribution < 1.29 is 8.42 Å². The molecule has 2 aromatic heterocycles. The molecule has 8 nitrogen and oxygen atoms in total. The Labute approximate surface area is 204 Å². The highest BCUT2D eigenvalue weighted by Crippen LogP contribution is 2.30. The zero-order valence-electron chi connectivity index (χ0n) is 17.2. The van der Waals surface area contributed by atoms with Crippen LogP contribution < -0.4 is 10.0 Å². The molecule has 2 N–H and O–H groups in total. The summed E-state index contributed by atoms with van der Waals surface area (Å²) in [5, 5.41) is 17.2. The number of benzene rings is 2. The van der Waals surface area contributed by atoms with Gasteiger partial charge in [0.25, 0.3) is 0 Å². The van der Waals surface area contributed by atoms with Crippen LogP contribution in [0.3, 0.4) is 0 Å². The van der Waals surface area contributed by atoms with E-state index >= 15 is 0 Å². The monoisotopic (exact) mass is 544 g/mol. The van der Waals surface area contributed by atoms with Gasteiger partial charge in [-0.15, -0.1) is 0 Å². The van der Waals surface area contributed by atoms with E-state index in [1.54, 1.807) is 28.9 Å². The molecule has 0 fully saturated rings. The Morgan fingerprint density at radius 3 is 2.73 bits per heavy atom. The smallest absolute Gasteiger partial charge is 0.240 e. The van der Waals surface area contributed by atoms with E-state index in [0.29, 0.717) is 40.7 Å². The lowest BCUT2D eigenvalue weighted by Crippen LogP contribution is -2.26. The molecule has 33 heavy (non-hydrogen) atoms.